The van der Waals surface area contributed by atoms with Gasteiger partial charge in [-0.25, -0.2) is 4.98 Å². The van der Waals surface area contributed by atoms with E-state index in [-0.39, 0.29) is 11.1 Å². The van der Waals surface area contributed by atoms with E-state index in [0.717, 1.165) is 31.1 Å². The molecule has 126 valence electrons. The van der Waals surface area contributed by atoms with Gasteiger partial charge in [-0.1, -0.05) is 13.0 Å². The molecule has 0 bridgehead atoms. The molecule has 0 atom stereocenters. The highest BCUT2D eigenvalue weighted by atomic mass is 16.5. The van der Waals surface area contributed by atoms with Crippen molar-refractivity contribution in [3.63, 3.8) is 0 Å². The number of hydrogen-bond acceptors (Lipinski definition) is 4. The number of rotatable bonds is 7. The highest BCUT2D eigenvalue weighted by Gasteiger charge is 2.31. The van der Waals surface area contributed by atoms with Gasteiger partial charge in [0.05, 0.1) is 7.11 Å². The molecule has 0 N–H and O–H groups in total. The fraction of sp³-hybridized carbons (Fsp3) is 0.722. The zero-order valence-electron chi connectivity index (χ0n) is 15.6. The van der Waals surface area contributed by atoms with Crippen LogP contribution in [0, 0.1) is 0 Å². The summed E-state index contributed by atoms with van der Waals surface area (Å²) in [7, 11) is 3.87. The summed E-state index contributed by atoms with van der Waals surface area (Å²) in [6.07, 6.45) is 1.78. The second kappa shape index (κ2) is 7.42. The fourth-order valence-electron chi connectivity index (χ4n) is 2.63. The van der Waals surface area contributed by atoms with Crippen LogP contribution in [0.5, 0.6) is 5.88 Å². The predicted molar refractivity (Wildman–Crippen MR) is 93.4 cm³/mol. The second-order valence-electron chi connectivity index (χ2n) is 7.29. The lowest BCUT2D eigenvalue weighted by Gasteiger charge is -2.41. The molecular weight excluding hydrogens is 274 g/mol. The van der Waals surface area contributed by atoms with Gasteiger partial charge in [-0.2, -0.15) is 0 Å². The summed E-state index contributed by atoms with van der Waals surface area (Å²) in [6, 6.07) is 4.09. The first-order chi connectivity index (χ1) is 10.1. The summed E-state index contributed by atoms with van der Waals surface area (Å²) in [4.78, 5) is 9.23. The average molecular weight is 307 g/mol. The molecule has 0 saturated carbocycles. The monoisotopic (exact) mass is 307 g/mol. The highest BCUT2D eigenvalue weighted by Crippen LogP contribution is 2.33. The first kappa shape index (κ1) is 18.9. The molecule has 1 aromatic heterocycles. The molecule has 1 aromatic rings. The number of likely N-dealkylation sites (N-methyl/N-ethyl adjacent to an activating group) is 2. The standard InChI is InChI=1S/C18H33N3O/c1-9-21(14-13-20(7)17(2,3)4)18(5,6)15-11-10-12-19-16(15)22-8/h10-12H,9,13-14H2,1-8H3. The molecule has 4 nitrogen and oxygen atoms in total. The van der Waals surface area contributed by atoms with Crippen LogP contribution in [-0.2, 0) is 5.54 Å². The zero-order valence-corrected chi connectivity index (χ0v) is 15.6. The van der Waals surface area contributed by atoms with Crippen LogP contribution in [-0.4, -0.2) is 54.1 Å². The normalized spacial score (nSPS) is 13.0. The number of hydrogen-bond donors (Lipinski definition) is 0. The number of nitrogens with zero attached hydrogens (tertiary/aromatic N) is 3. The molecule has 0 saturated heterocycles. The molecule has 4 heteroatoms. The Labute approximate surface area is 136 Å². The zero-order chi connectivity index (χ0) is 17.0. The molecule has 0 spiro atoms. The fourth-order valence-corrected chi connectivity index (χ4v) is 2.63. The van der Waals surface area contributed by atoms with Gasteiger partial charge in [0.2, 0.25) is 5.88 Å². The molecule has 0 aromatic carbocycles. The number of ether oxygens (including phenoxy) is 1. The van der Waals surface area contributed by atoms with E-state index in [2.05, 4.69) is 69.4 Å². The predicted octanol–water partition coefficient (Wildman–Crippen LogP) is 3.38. The summed E-state index contributed by atoms with van der Waals surface area (Å²) in [5.74, 6) is 0.718. The van der Waals surface area contributed by atoms with E-state index < -0.39 is 0 Å². The van der Waals surface area contributed by atoms with Crippen molar-refractivity contribution in [1.82, 2.24) is 14.8 Å². The number of methoxy groups -OCH3 is 1. The molecule has 0 aliphatic carbocycles. The molecule has 0 aliphatic heterocycles. The van der Waals surface area contributed by atoms with E-state index in [4.69, 9.17) is 4.74 Å². The van der Waals surface area contributed by atoms with Crippen LogP contribution in [0.3, 0.4) is 0 Å². The Kier molecular flexibility index (Phi) is 6.38. The minimum atomic E-state index is -0.118. The summed E-state index contributed by atoms with van der Waals surface area (Å²) < 4.78 is 5.46. The van der Waals surface area contributed by atoms with E-state index in [1.54, 1.807) is 13.3 Å². The van der Waals surface area contributed by atoms with Crippen molar-refractivity contribution < 1.29 is 4.74 Å². The summed E-state index contributed by atoms with van der Waals surface area (Å²) >= 11 is 0. The Balaban J connectivity index is 2.92. The van der Waals surface area contributed by atoms with E-state index in [1.807, 2.05) is 6.07 Å². The smallest absolute Gasteiger partial charge is 0.218 e. The molecule has 22 heavy (non-hydrogen) atoms. The van der Waals surface area contributed by atoms with Crippen molar-refractivity contribution in [1.29, 1.82) is 0 Å². The van der Waals surface area contributed by atoms with Crippen LogP contribution in [0.4, 0.5) is 0 Å². The van der Waals surface area contributed by atoms with E-state index in [1.165, 1.54) is 0 Å². The molecule has 0 fully saturated rings. The molecule has 1 rings (SSSR count). The third-order valence-corrected chi connectivity index (χ3v) is 4.65. The second-order valence-corrected chi connectivity index (χ2v) is 7.29. The van der Waals surface area contributed by atoms with Crippen LogP contribution in [0.15, 0.2) is 18.3 Å². The maximum Gasteiger partial charge on any atom is 0.218 e. The van der Waals surface area contributed by atoms with Gasteiger partial charge in [0.1, 0.15) is 0 Å². The molecule has 0 aliphatic rings. The van der Waals surface area contributed by atoms with E-state index >= 15 is 0 Å². The van der Waals surface area contributed by atoms with Crippen LogP contribution >= 0.6 is 0 Å². The Bertz CT molecular complexity index is 466. The molecule has 0 amide bonds. The van der Waals surface area contributed by atoms with Gasteiger partial charge in [0.25, 0.3) is 0 Å². The van der Waals surface area contributed by atoms with Gasteiger partial charge in [0.15, 0.2) is 0 Å². The Morgan fingerprint density at radius 3 is 2.27 bits per heavy atom. The van der Waals surface area contributed by atoms with Crippen molar-refractivity contribution in [2.45, 2.75) is 52.6 Å². The van der Waals surface area contributed by atoms with Crippen molar-refractivity contribution in [3.8, 4) is 5.88 Å². The molecule has 0 unspecified atom stereocenters. The quantitative estimate of drug-likeness (QED) is 0.772. The first-order valence-electron chi connectivity index (χ1n) is 8.10. The van der Waals surface area contributed by atoms with Crippen LogP contribution in [0.25, 0.3) is 0 Å². The number of aromatic nitrogens is 1. The van der Waals surface area contributed by atoms with Gasteiger partial charge in [-0.05, 0) is 54.3 Å². The average Bonchev–Trinajstić information content (AvgIpc) is 2.46. The molecule has 1 heterocycles. The summed E-state index contributed by atoms with van der Waals surface area (Å²) in [5.41, 5.74) is 1.21. The maximum absolute atomic E-state index is 5.46. The van der Waals surface area contributed by atoms with Gasteiger partial charge in [-0.3, -0.25) is 4.90 Å². The highest BCUT2D eigenvalue weighted by molar-refractivity contribution is 5.32. The van der Waals surface area contributed by atoms with Crippen LogP contribution < -0.4 is 4.74 Å². The lowest BCUT2D eigenvalue weighted by atomic mass is 9.92. The topological polar surface area (TPSA) is 28.6 Å². The summed E-state index contributed by atoms with van der Waals surface area (Å²) in [5, 5.41) is 0. The third kappa shape index (κ3) is 4.43. The van der Waals surface area contributed by atoms with Gasteiger partial charge < -0.3 is 9.64 Å². The Morgan fingerprint density at radius 1 is 1.14 bits per heavy atom. The van der Waals surface area contributed by atoms with Crippen LogP contribution in [0.2, 0.25) is 0 Å². The maximum atomic E-state index is 5.46. The summed E-state index contributed by atoms with van der Waals surface area (Å²) in [6.45, 7) is 16.5. The van der Waals surface area contributed by atoms with Crippen molar-refractivity contribution in [3.05, 3.63) is 23.9 Å². The Hall–Kier alpha value is -1.13. The third-order valence-electron chi connectivity index (χ3n) is 4.65. The molecule has 0 radical (unpaired) electrons. The lowest BCUT2D eigenvalue weighted by molar-refractivity contribution is 0.0860. The van der Waals surface area contributed by atoms with Gasteiger partial charge in [0, 0.05) is 35.9 Å². The minimum absolute atomic E-state index is 0.118. The number of pyridine rings is 1. The van der Waals surface area contributed by atoms with Crippen molar-refractivity contribution in [2.24, 2.45) is 0 Å². The Morgan fingerprint density at radius 2 is 1.77 bits per heavy atom. The van der Waals surface area contributed by atoms with Crippen molar-refractivity contribution in [2.75, 3.05) is 33.8 Å². The van der Waals surface area contributed by atoms with E-state index in [0.29, 0.717) is 0 Å². The van der Waals surface area contributed by atoms with Crippen LogP contribution in [0.1, 0.15) is 47.1 Å². The van der Waals surface area contributed by atoms with Crippen molar-refractivity contribution >= 4 is 0 Å². The van der Waals surface area contributed by atoms with Gasteiger partial charge in [-0.15, -0.1) is 0 Å². The lowest BCUT2D eigenvalue weighted by Crippen LogP contribution is -2.48. The van der Waals surface area contributed by atoms with E-state index in [9.17, 15) is 0 Å². The first-order valence-corrected chi connectivity index (χ1v) is 8.10. The molecular formula is C18H33N3O. The minimum Gasteiger partial charge on any atom is -0.481 e. The SMILES string of the molecule is CCN(CCN(C)C(C)(C)C)C(C)(C)c1cccnc1OC. The largest absolute Gasteiger partial charge is 0.481 e. The van der Waals surface area contributed by atoms with Gasteiger partial charge >= 0.3 is 0 Å².